The first-order valence-electron chi connectivity index (χ1n) is 26.0. The number of methoxy groups -OCH3 is 1. The molecular formula is C57H70N2O16. The van der Waals surface area contributed by atoms with E-state index in [0.717, 1.165) is 0 Å². The molecule has 2 N–H and O–H groups in total. The maximum Gasteiger partial charge on any atom is 0.413 e. The molecule has 3 aliphatic carbocycles. The Balaban J connectivity index is 1.13. The molecule has 2 saturated carbocycles. The largest absolute Gasteiger partial charge is 0.497 e. The van der Waals surface area contributed by atoms with E-state index in [1.54, 1.807) is 107 Å². The van der Waals surface area contributed by atoms with Crippen molar-refractivity contribution in [3.63, 3.8) is 0 Å². The Kier molecular flexibility index (Phi) is 14.0. The Morgan fingerprint density at radius 3 is 2.13 bits per heavy atom. The number of benzene rings is 3. The molecule has 75 heavy (non-hydrogen) atoms. The number of aliphatic hydroxyl groups excluding tert-OH is 1. The van der Waals surface area contributed by atoms with E-state index in [0.29, 0.717) is 60.9 Å². The summed E-state index contributed by atoms with van der Waals surface area (Å²) in [5.41, 5.74) is -5.19. The Hall–Kier alpha value is -5.44. The zero-order chi connectivity index (χ0) is 53.4. The number of esters is 3. The van der Waals surface area contributed by atoms with Gasteiger partial charge in [0.2, 0.25) is 0 Å². The first kappa shape index (κ1) is 53.0. The fourth-order valence-electron chi connectivity index (χ4n) is 13.2. The molecule has 4 heterocycles. The summed E-state index contributed by atoms with van der Waals surface area (Å²) in [7, 11) is 1.54. The number of carbonyl (C=O) groups excluding carboxylic acids is 4. The maximum absolute atomic E-state index is 15.5. The number of rotatable bonds is 10. The van der Waals surface area contributed by atoms with Crippen molar-refractivity contribution >= 4 is 24.0 Å². The number of hydrogen-bond acceptors (Lipinski definition) is 17. The van der Waals surface area contributed by atoms with Crippen LogP contribution in [0.15, 0.2) is 96.1 Å². The molecule has 10 rings (SSSR count). The quantitative estimate of drug-likeness (QED) is 0.131. The van der Waals surface area contributed by atoms with Crippen LogP contribution in [0.3, 0.4) is 0 Å². The minimum atomic E-state index is -2.19. The predicted octanol–water partition coefficient (Wildman–Crippen LogP) is 6.23. The molecule has 0 spiro atoms. The highest BCUT2D eigenvalue weighted by Gasteiger charge is 2.79. The van der Waals surface area contributed by atoms with Gasteiger partial charge in [-0.3, -0.25) is 14.6 Å². The van der Waals surface area contributed by atoms with Gasteiger partial charge < -0.3 is 57.6 Å². The topological polar surface area (TPSA) is 208 Å². The highest BCUT2D eigenvalue weighted by Crippen LogP contribution is 2.67. The third-order valence-electron chi connectivity index (χ3n) is 16.9. The van der Waals surface area contributed by atoms with Gasteiger partial charge in [0.25, 0.3) is 0 Å². The van der Waals surface area contributed by atoms with Crippen molar-refractivity contribution in [2.24, 2.45) is 16.7 Å². The summed E-state index contributed by atoms with van der Waals surface area (Å²) in [6.07, 6.45) is -11.5. The van der Waals surface area contributed by atoms with Gasteiger partial charge in [0.05, 0.1) is 50.6 Å². The number of carbonyl (C=O) groups is 4. The first-order valence-corrected chi connectivity index (χ1v) is 26.0. The summed E-state index contributed by atoms with van der Waals surface area (Å²) >= 11 is 0. The Labute approximate surface area is 437 Å². The number of aliphatic hydroxyl groups is 2. The van der Waals surface area contributed by atoms with Gasteiger partial charge in [-0.25, -0.2) is 14.4 Å². The summed E-state index contributed by atoms with van der Waals surface area (Å²) in [6, 6.07) is 23.2. The molecule has 18 heteroatoms. The van der Waals surface area contributed by atoms with Crippen molar-refractivity contribution < 1.29 is 76.8 Å². The minimum Gasteiger partial charge on any atom is -0.497 e. The fraction of sp³-hybridized carbons (Fsp3) is 0.579. The van der Waals surface area contributed by atoms with Crippen LogP contribution in [0.25, 0.3) is 0 Å². The van der Waals surface area contributed by atoms with E-state index >= 15 is 4.79 Å². The van der Waals surface area contributed by atoms with Gasteiger partial charge in [-0.15, -0.1) is 0 Å². The average molecular weight is 1040 g/mol. The Morgan fingerprint density at radius 2 is 1.52 bits per heavy atom. The van der Waals surface area contributed by atoms with Crippen LogP contribution in [-0.2, 0) is 52.2 Å². The number of nitrogens with zero attached hydrogens (tertiary/aromatic N) is 2. The molecule has 3 aromatic carbocycles. The molecule has 7 aliphatic rings. The van der Waals surface area contributed by atoms with E-state index < -0.39 is 119 Å². The highest BCUT2D eigenvalue weighted by atomic mass is 16.7. The van der Waals surface area contributed by atoms with Gasteiger partial charge in [0.1, 0.15) is 47.4 Å². The van der Waals surface area contributed by atoms with Gasteiger partial charge in [0.15, 0.2) is 24.2 Å². The number of amides is 1. The van der Waals surface area contributed by atoms with Crippen LogP contribution in [0.1, 0.15) is 102 Å². The summed E-state index contributed by atoms with van der Waals surface area (Å²) < 4.78 is 64.2. The van der Waals surface area contributed by atoms with E-state index in [-0.39, 0.29) is 25.0 Å². The van der Waals surface area contributed by atoms with Gasteiger partial charge in [0, 0.05) is 55.8 Å². The minimum absolute atomic E-state index is 0.0300. The van der Waals surface area contributed by atoms with E-state index in [2.05, 4.69) is 4.90 Å². The average Bonchev–Trinajstić information content (AvgIpc) is 4.06. The van der Waals surface area contributed by atoms with Crippen molar-refractivity contribution in [3.05, 3.63) is 113 Å². The van der Waals surface area contributed by atoms with Crippen molar-refractivity contribution in [1.29, 1.82) is 0 Å². The van der Waals surface area contributed by atoms with Gasteiger partial charge >= 0.3 is 24.0 Å². The second-order valence-corrected chi connectivity index (χ2v) is 22.8. The van der Waals surface area contributed by atoms with Crippen molar-refractivity contribution in [2.75, 3.05) is 46.6 Å². The monoisotopic (exact) mass is 1040 g/mol. The predicted molar refractivity (Wildman–Crippen MR) is 267 cm³/mol. The van der Waals surface area contributed by atoms with Crippen molar-refractivity contribution in [1.82, 2.24) is 9.80 Å². The fourth-order valence-corrected chi connectivity index (χ4v) is 13.2. The van der Waals surface area contributed by atoms with Crippen molar-refractivity contribution in [3.8, 4) is 5.75 Å². The molecule has 1 unspecified atom stereocenters. The summed E-state index contributed by atoms with van der Waals surface area (Å²) in [6.45, 7) is 16.3. The molecule has 4 aliphatic heterocycles. The molecule has 6 fully saturated rings. The van der Waals surface area contributed by atoms with Crippen LogP contribution in [0.4, 0.5) is 4.79 Å². The summed E-state index contributed by atoms with van der Waals surface area (Å²) in [5.74, 6) is -2.93. The zero-order valence-electron chi connectivity index (χ0n) is 44.1. The Bertz CT molecular complexity index is 2650. The third-order valence-corrected chi connectivity index (χ3v) is 16.9. The normalized spacial score (nSPS) is 36.1. The van der Waals surface area contributed by atoms with E-state index in [1.165, 1.54) is 11.8 Å². The second-order valence-electron chi connectivity index (χ2n) is 22.8. The molecular weight excluding hydrogens is 969 g/mol. The van der Waals surface area contributed by atoms with Crippen molar-refractivity contribution in [2.45, 2.75) is 146 Å². The van der Waals surface area contributed by atoms with Crippen LogP contribution in [-0.4, -0.2) is 156 Å². The zero-order valence-corrected chi connectivity index (χ0v) is 44.1. The van der Waals surface area contributed by atoms with Gasteiger partial charge in [-0.2, -0.15) is 0 Å². The standard InChI is InChI=1S/C57H70N2O16/c1-32-38(69-51(63)45-43(34-16-12-10-13-17-34)59(52(64)75-53(3,4)5)49(72-45)35-20-22-37(66-9)23-21-35)29-57(65)48(73-50(62)36-18-14-11-15-19-36)46-55(8,39(61)28-40-56(46,31-68-40)74-33(2)60)47-44(42(32)54(57,6)7)70-41(71-47)30-58-24-26-67-27-25-58/h10-23,38-41,43-49,61,65H,24-31H2,1-9H3/t38-,39-,40+,41?,43-,44+,45+,46-,47+,48-,49+,55+,56-,57+/m0/s1. The van der Waals surface area contributed by atoms with Crippen LogP contribution in [0.5, 0.6) is 5.75 Å². The Morgan fingerprint density at radius 1 is 0.853 bits per heavy atom. The lowest BCUT2D eigenvalue weighted by atomic mass is 9.44. The molecule has 0 aromatic heterocycles. The van der Waals surface area contributed by atoms with Crippen LogP contribution in [0, 0.1) is 16.7 Å². The van der Waals surface area contributed by atoms with Gasteiger partial charge in [-0.05, 0) is 68.7 Å². The van der Waals surface area contributed by atoms with Crippen LogP contribution < -0.4 is 4.74 Å². The lowest BCUT2D eigenvalue weighted by molar-refractivity contribution is -0.362. The first-order chi connectivity index (χ1) is 35.6. The molecule has 18 nitrogen and oxygen atoms in total. The molecule has 404 valence electrons. The molecule has 3 aromatic rings. The summed E-state index contributed by atoms with van der Waals surface area (Å²) in [4.78, 5) is 61.9. The molecule has 14 atom stereocenters. The molecule has 0 radical (unpaired) electrons. The molecule has 1 amide bonds. The number of ether oxygens (including phenoxy) is 10. The van der Waals surface area contributed by atoms with E-state index in [4.69, 9.17) is 47.4 Å². The number of fused-ring (bicyclic) bond motifs is 8. The second kappa shape index (κ2) is 19.8. The van der Waals surface area contributed by atoms with E-state index in [1.807, 2.05) is 33.8 Å². The van der Waals surface area contributed by atoms with Crippen LogP contribution in [0.2, 0.25) is 0 Å². The number of hydrogen-bond donors (Lipinski definition) is 2. The lowest BCUT2D eigenvalue weighted by Crippen LogP contribution is -2.82. The lowest BCUT2D eigenvalue weighted by Gasteiger charge is -2.68. The SMILES string of the molecule is COc1ccc([C@H]2O[C@@H](C(=O)O[C@H]3C[C@@]4(O)[C@@H](OC(=O)c5ccccc5)[C@@H]5[C@]6(OC(C)=O)CO[C@@H]6C[C@H](O)[C@@]5(C)[C@@H]5OC(CN6CCOCC6)O[C@@H]5C(=C3C)C4(C)C)[C@H](c3ccccc3)N2C(=O)OC(C)(C)C)cc1. The van der Waals surface area contributed by atoms with Gasteiger partial charge in [-0.1, -0.05) is 81.4 Å². The number of morpholine rings is 1. The third kappa shape index (κ3) is 9.11. The highest BCUT2D eigenvalue weighted by molar-refractivity contribution is 5.89. The molecule has 4 saturated heterocycles. The maximum atomic E-state index is 15.5. The summed E-state index contributed by atoms with van der Waals surface area (Å²) in [5, 5.41) is 27.0. The molecule has 2 bridgehead atoms. The van der Waals surface area contributed by atoms with E-state index in [9.17, 15) is 24.6 Å². The smallest absolute Gasteiger partial charge is 0.413 e. The van der Waals surface area contributed by atoms with Crippen LogP contribution >= 0.6 is 0 Å².